The van der Waals surface area contributed by atoms with E-state index >= 15 is 0 Å². The lowest BCUT2D eigenvalue weighted by atomic mass is 9.80. The molecule has 0 aliphatic heterocycles. The Morgan fingerprint density at radius 3 is 2.41 bits per heavy atom. The number of fused-ring (bicyclic) bond motifs is 1. The number of nitrogens with zero attached hydrogens (tertiary/aromatic N) is 2. The molecule has 34 heavy (non-hydrogen) atoms. The zero-order valence-electron chi connectivity index (χ0n) is 19.0. The molecule has 2 amide bonds. The zero-order valence-corrected chi connectivity index (χ0v) is 19.8. The van der Waals surface area contributed by atoms with E-state index in [1.807, 2.05) is 42.7 Å². The van der Waals surface area contributed by atoms with Gasteiger partial charge in [0.05, 0.1) is 11.8 Å². The van der Waals surface area contributed by atoms with E-state index in [9.17, 15) is 14.9 Å². The molecule has 0 unspecified atom stereocenters. The van der Waals surface area contributed by atoms with Crippen LogP contribution in [0.4, 0.5) is 0 Å². The number of nitriles is 1. The lowest BCUT2D eigenvalue weighted by Crippen LogP contribution is -2.61. The van der Waals surface area contributed by atoms with Crippen molar-refractivity contribution in [2.45, 2.75) is 60.9 Å². The van der Waals surface area contributed by atoms with Gasteiger partial charge in [-0.15, -0.1) is 11.8 Å². The number of hydrogen-bond donors (Lipinski definition) is 2. The fraction of sp³-hybridized carbons (Fsp3) is 0.385. The average Bonchev–Trinajstić information content (AvgIpc) is 3.51. The molecular formula is C26H26N4O3S. The van der Waals surface area contributed by atoms with E-state index in [2.05, 4.69) is 21.7 Å². The predicted molar refractivity (Wildman–Crippen MR) is 130 cm³/mol. The predicted octanol–water partition coefficient (Wildman–Crippen LogP) is 4.82. The second-order valence-electron chi connectivity index (χ2n) is 9.17. The highest BCUT2D eigenvalue weighted by Gasteiger charge is 2.50. The molecule has 5 rings (SSSR count). The molecule has 7 nitrogen and oxygen atoms in total. The first kappa shape index (κ1) is 22.5. The number of hydrogen-bond acceptors (Lipinski definition) is 6. The first-order valence-electron chi connectivity index (χ1n) is 11.6. The number of benzene rings is 1. The Morgan fingerprint density at radius 1 is 1.03 bits per heavy atom. The van der Waals surface area contributed by atoms with Gasteiger partial charge in [-0.25, -0.2) is 4.98 Å². The fourth-order valence-electron chi connectivity index (χ4n) is 4.52. The Kier molecular flexibility index (Phi) is 5.82. The first-order chi connectivity index (χ1) is 16.5. The van der Waals surface area contributed by atoms with E-state index < -0.39 is 17.0 Å². The van der Waals surface area contributed by atoms with Gasteiger partial charge in [0.1, 0.15) is 11.1 Å². The summed E-state index contributed by atoms with van der Waals surface area (Å²) >= 11 is 1.68. The summed E-state index contributed by atoms with van der Waals surface area (Å²) in [5.74, 6) is -0.593. The van der Waals surface area contributed by atoms with Gasteiger partial charge in [-0.3, -0.25) is 9.59 Å². The van der Waals surface area contributed by atoms with E-state index in [1.165, 1.54) is 4.90 Å². The standard InChI is InChI=1S/C26H26N4O3S/c1-34-19-8-5-17(6-9-19)20-10-7-18-15-21(33-23(18)28-20)22(31)29-26(11-3-2-4-12-26)24(32)30-25(16-27)13-14-25/h5-10,15H,2-4,11-14H2,1H3,(H,29,31)(H,30,32). The maximum Gasteiger partial charge on any atom is 0.287 e. The van der Waals surface area contributed by atoms with Crippen LogP contribution in [-0.4, -0.2) is 34.1 Å². The molecule has 2 aliphatic rings. The summed E-state index contributed by atoms with van der Waals surface area (Å²) < 4.78 is 5.83. The van der Waals surface area contributed by atoms with Gasteiger partial charge in [-0.2, -0.15) is 5.26 Å². The summed E-state index contributed by atoms with van der Waals surface area (Å²) in [7, 11) is 0. The van der Waals surface area contributed by atoms with Gasteiger partial charge in [0.25, 0.3) is 5.91 Å². The molecule has 3 aromatic rings. The van der Waals surface area contributed by atoms with Crippen LogP contribution in [0, 0.1) is 11.3 Å². The fourth-order valence-corrected chi connectivity index (χ4v) is 4.93. The molecule has 0 atom stereocenters. The van der Waals surface area contributed by atoms with Gasteiger partial charge in [-0.1, -0.05) is 31.4 Å². The highest BCUT2D eigenvalue weighted by atomic mass is 32.2. The van der Waals surface area contributed by atoms with Gasteiger partial charge in [0.15, 0.2) is 5.76 Å². The van der Waals surface area contributed by atoms with Crippen LogP contribution in [0.5, 0.6) is 0 Å². The first-order valence-corrected chi connectivity index (χ1v) is 12.8. The number of furan rings is 1. The molecule has 2 heterocycles. The van der Waals surface area contributed by atoms with Gasteiger partial charge in [0, 0.05) is 15.8 Å². The van der Waals surface area contributed by atoms with Gasteiger partial charge >= 0.3 is 0 Å². The van der Waals surface area contributed by atoms with Crippen molar-refractivity contribution < 1.29 is 14.0 Å². The molecule has 2 N–H and O–H groups in total. The van der Waals surface area contributed by atoms with E-state index in [4.69, 9.17) is 4.42 Å². The highest BCUT2D eigenvalue weighted by molar-refractivity contribution is 7.98. The number of pyridine rings is 1. The van der Waals surface area contributed by atoms with Crippen molar-refractivity contribution in [3.05, 3.63) is 48.2 Å². The quantitative estimate of drug-likeness (QED) is 0.496. The van der Waals surface area contributed by atoms with Crippen molar-refractivity contribution >= 4 is 34.7 Å². The van der Waals surface area contributed by atoms with Crippen molar-refractivity contribution in [2.24, 2.45) is 0 Å². The van der Waals surface area contributed by atoms with Gasteiger partial charge in [-0.05, 0) is 62.3 Å². The number of aromatic nitrogens is 1. The molecule has 1 aromatic carbocycles. The maximum absolute atomic E-state index is 13.2. The number of amides is 2. The Bertz CT molecular complexity index is 1280. The lowest BCUT2D eigenvalue weighted by Gasteiger charge is -2.37. The largest absolute Gasteiger partial charge is 0.433 e. The van der Waals surface area contributed by atoms with Crippen molar-refractivity contribution in [3.63, 3.8) is 0 Å². The van der Waals surface area contributed by atoms with Crippen LogP contribution in [-0.2, 0) is 4.79 Å². The highest BCUT2D eigenvalue weighted by Crippen LogP contribution is 2.37. The number of nitrogens with one attached hydrogen (secondary N) is 2. The van der Waals surface area contributed by atoms with Crippen LogP contribution < -0.4 is 10.6 Å². The molecule has 0 saturated heterocycles. The average molecular weight is 475 g/mol. The molecule has 2 fully saturated rings. The molecule has 2 saturated carbocycles. The SMILES string of the molecule is CSc1ccc(-c2ccc3cc(C(=O)NC4(C(=O)NC5(C#N)CC5)CCCCC4)oc3n2)cc1. The number of thioether (sulfide) groups is 1. The molecule has 0 spiro atoms. The zero-order chi connectivity index (χ0) is 23.8. The summed E-state index contributed by atoms with van der Waals surface area (Å²) in [5.41, 5.74) is 0.292. The molecule has 0 bridgehead atoms. The third kappa shape index (κ3) is 4.28. The van der Waals surface area contributed by atoms with Crippen molar-refractivity contribution in [2.75, 3.05) is 6.26 Å². The van der Waals surface area contributed by atoms with E-state index in [0.717, 1.165) is 35.9 Å². The maximum atomic E-state index is 13.2. The van der Waals surface area contributed by atoms with Crippen molar-refractivity contribution in [1.29, 1.82) is 5.26 Å². The van der Waals surface area contributed by atoms with Gasteiger partial charge in [0.2, 0.25) is 11.6 Å². The van der Waals surface area contributed by atoms with Crippen LogP contribution in [0.15, 0.2) is 51.8 Å². The Balaban J connectivity index is 1.38. The third-order valence-electron chi connectivity index (χ3n) is 6.80. The Morgan fingerprint density at radius 2 is 1.76 bits per heavy atom. The summed E-state index contributed by atoms with van der Waals surface area (Å²) in [5, 5.41) is 15.9. The molecule has 2 aliphatic carbocycles. The summed E-state index contributed by atoms with van der Waals surface area (Å²) in [6, 6.07) is 15.7. The Labute approximate surface area is 202 Å². The minimum atomic E-state index is -1.03. The van der Waals surface area contributed by atoms with Crippen LogP contribution in [0.25, 0.3) is 22.4 Å². The van der Waals surface area contributed by atoms with E-state index in [0.29, 0.717) is 31.4 Å². The summed E-state index contributed by atoms with van der Waals surface area (Å²) in [6.45, 7) is 0. The van der Waals surface area contributed by atoms with Crippen molar-refractivity contribution in [1.82, 2.24) is 15.6 Å². The molecule has 0 radical (unpaired) electrons. The van der Waals surface area contributed by atoms with Crippen LogP contribution in [0.2, 0.25) is 0 Å². The number of carbonyl (C=O) groups is 2. The molecular weight excluding hydrogens is 448 g/mol. The van der Waals surface area contributed by atoms with Crippen LogP contribution >= 0.6 is 11.8 Å². The minimum Gasteiger partial charge on any atom is -0.433 e. The van der Waals surface area contributed by atoms with Crippen molar-refractivity contribution in [3.8, 4) is 17.3 Å². The van der Waals surface area contributed by atoms with E-state index in [1.54, 1.807) is 17.8 Å². The number of rotatable bonds is 6. The molecule has 174 valence electrons. The minimum absolute atomic E-state index is 0.122. The summed E-state index contributed by atoms with van der Waals surface area (Å²) in [4.78, 5) is 32.2. The monoisotopic (exact) mass is 474 g/mol. The van der Waals surface area contributed by atoms with Crippen LogP contribution in [0.3, 0.4) is 0 Å². The second kappa shape index (κ2) is 8.80. The molecule has 2 aromatic heterocycles. The molecule has 8 heteroatoms. The smallest absolute Gasteiger partial charge is 0.287 e. The lowest BCUT2D eigenvalue weighted by molar-refractivity contribution is -0.129. The Hall–Kier alpha value is -3.31. The third-order valence-corrected chi connectivity index (χ3v) is 7.55. The topological polar surface area (TPSA) is 108 Å². The van der Waals surface area contributed by atoms with Crippen LogP contribution in [0.1, 0.15) is 55.5 Å². The normalized spacial score (nSPS) is 18.1. The second-order valence-corrected chi connectivity index (χ2v) is 10.1. The van der Waals surface area contributed by atoms with Gasteiger partial charge < -0.3 is 15.1 Å². The van der Waals surface area contributed by atoms with E-state index in [-0.39, 0.29) is 11.7 Å². The number of carbonyl (C=O) groups excluding carboxylic acids is 2. The summed E-state index contributed by atoms with van der Waals surface area (Å²) in [6.07, 6.45) is 7.11.